The van der Waals surface area contributed by atoms with Crippen LogP contribution in [0.3, 0.4) is 0 Å². The molecule has 0 aliphatic rings. The number of thioether (sulfide) groups is 1. The van der Waals surface area contributed by atoms with E-state index in [0.29, 0.717) is 0 Å². The van der Waals surface area contributed by atoms with Gasteiger partial charge in [0.2, 0.25) is 0 Å². The number of hydrogen-bond acceptors (Lipinski definition) is 3. The maximum atomic E-state index is 9.26. The summed E-state index contributed by atoms with van der Waals surface area (Å²) < 4.78 is 0. The summed E-state index contributed by atoms with van der Waals surface area (Å²) in [5.41, 5.74) is -0.0334. The molecule has 0 unspecified atom stereocenters. The fourth-order valence-corrected chi connectivity index (χ4v) is 1.85. The molecule has 0 saturated carbocycles. The molecule has 0 aromatic rings. The largest absolute Gasteiger partial charge is 0.394 e. The Labute approximate surface area is 86.5 Å². The van der Waals surface area contributed by atoms with Crippen molar-refractivity contribution in [1.82, 2.24) is 5.32 Å². The molecule has 0 aromatic heterocycles. The van der Waals surface area contributed by atoms with Crippen LogP contribution in [0.5, 0.6) is 0 Å². The second-order valence-electron chi connectivity index (χ2n) is 3.27. The van der Waals surface area contributed by atoms with Gasteiger partial charge in [0.15, 0.2) is 0 Å². The summed E-state index contributed by atoms with van der Waals surface area (Å²) in [6, 6.07) is 0. The van der Waals surface area contributed by atoms with Gasteiger partial charge in [-0.1, -0.05) is 20.8 Å². The molecule has 80 valence electrons. The van der Waals surface area contributed by atoms with Crippen LogP contribution in [0.25, 0.3) is 0 Å². The average molecular weight is 205 g/mol. The molecule has 3 heteroatoms. The Morgan fingerprint density at radius 1 is 1.23 bits per heavy atom. The number of aliphatic hydroxyl groups is 1. The first-order valence-corrected chi connectivity index (χ1v) is 6.33. The van der Waals surface area contributed by atoms with Crippen molar-refractivity contribution < 1.29 is 5.11 Å². The van der Waals surface area contributed by atoms with Gasteiger partial charge in [-0.05, 0) is 18.6 Å². The van der Waals surface area contributed by atoms with Gasteiger partial charge in [0.05, 0.1) is 6.61 Å². The Kier molecular flexibility index (Phi) is 7.81. The van der Waals surface area contributed by atoms with Gasteiger partial charge in [-0.25, -0.2) is 0 Å². The van der Waals surface area contributed by atoms with E-state index in [0.717, 1.165) is 25.1 Å². The number of rotatable bonds is 8. The maximum Gasteiger partial charge on any atom is 0.0613 e. The summed E-state index contributed by atoms with van der Waals surface area (Å²) in [5.74, 6) is 2.31. The van der Waals surface area contributed by atoms with Gasteiger partial charge in [0.1, 0.15) is 0 Å². The Hall–Kier alpha value is 0.270. The van der Waals surface area contributed by atoms with E-state index in [1.54, 1.807) is 0 Å². The van der Waals surface area contributed by atoms with Crippen LogP contribution in [0.2, 0.25) is 0 Å². The standard InChI is InChI=1S/C10H23NOS/c1-4-10(5-2,9-12)11-7-8-13-6-3/h11-12H,4-9H2,1-3H3. The highest BCUT2D eigenvalue weighted by molar-refractivity contribution is 7.99. The summed E-state index contributed by atoms with van der Waals surface area (Å²) in [6.45, 7) is 7.67. The Morgan fingerprint density at radius 2 is 1.85 bits per heavy atom. The van der Waals surface area contributed by atoms with Gasteiger partial charge in [0.25, 0.3) is 0 Å². The molecule has 0 aliphatic heterocycles. The highest BCUT2D eigenvalue weighted by Gasteiger charge is 2.23. The van der Waals surface area contributed by atoms with Gasteiger partial charge in [-0.2, -0.15) is 11.8 Å². The van der Waals surface area contributed by atoms with E-state index in [1.165, 1.54) is 5.75 Å². The fraction of sp³-hybridized carbons (Fsp3) is 1.00. The van der Waals surface area contributed by atoms with Crippen LogP contribution in [0.15, 0.2) is 0 Å². The van der Waals surface area contributed by atoms with E-state index in [9.17, 15) is 5.11 Å². The van der Waals surface area contributed by atoms with Crippen molar-refractivity contribution in [1.29, 1.82) is 0 Å². The lowest BCUT2D eigenvalue weighted by molar-refractivity contribution is 0.153. The minimum absolute atomic E-state index is 0.0334. The summed E-state index contributed by atoms with van der Waals surface area (Å²) >= 11 is 1.94. The van der Waals surface area contributed by atoms with Gasteiger partial charge in [-0.3, -0.25) is 0 Å². The van der Waals surface area contributed by atoms with Crippen molar-refractivity contribution >= 4 is 11.8 Å². The zero-order valence-electron chi connectivity index (χ0n) is 9.10. The van der Waals surface area contributed by atoms with Crippen LogP contribution in [-0.2, 0) is 0 Å². The fourth-order valence-electron chi connectivity index (χ4n) is 1.31. The van der Waals surface area contributed by atoms with Crippen molar-refractivity contribution in [3.05, 3.63) is 0 Å². The van der Waals surface area contributed by atoms with Crippen molar-refractivity contribution in [3.8, 4) is 0 Å². The number of hydrogen-bond donors (Lipinski definition) is 2. The van der Waals surface area contributed by atoms with E-state index in [1.807, 2.05) is 11.8 Å². The second kappa shape index (κ2) is 7.65. The van der Waals surface area contributed by atoms with Gasteiger partial charge in [0, 0.05) is 17.8 Å². The van der Waals surface area contributed by atoms with Gasteiger partial charge < -0.3 is 10.4 Å². The highest BCUT2D eigenvalue weighted by atomic mass is 32.2. The lowest BCUT2D eigenvalue weighted by Gasteiger charge is -2.30. The summed E-state index contributed by atoms with van der Waals surface area (Å²) in [6.07, 6.45) is 1.99. The minimum Gasteiger partial charge on any atom is -0.394 e. The van der Waals surface area contributed by atoms with E-state index in [-0.39, 0.29) is 12.1 Å². The molecule has 0 atom stereocenters. The molecule has 2 nitrogen and oxygen atoms in total. The molecular formula is C10H23NOS. The lowest BCUT2D eigenvalue weighted by Crippen LogP contribution is -2.48. The normalized spacial score (nSPS) is 12.0. The Bertz CT molecular complexity index is 107. The van der Waals surface area contributed by atoms with Gasteiger partial charge in [-0.15, -0.1) is 0 Å². The molecule has 0 spiro atoms. The molecule has 2 N–H and O–H groups in total. The zero-order chi connectivity index (χ0) is 10.2. The third-order valence-corrected chi connectivity index (χ3v) is 3.51. The molecule has 0 heterocycles. The first kappa shape index (κ1) is 13.3. The molecule has 0 rings (SSSR count). The first-order chi connectivity index (χ1) is 6.24. The number of nitrogens with one attached hydrogen (secondary N) is 1. The van der Waals surface area contributed by atoms with Crippen LogP contribution in [0.1, 0.15) is 33.6 Å². The second-order valence-corrected chi connectivity index (χ2v) is 4.66. The van der Waals surface area contributed by atoms with E-state index in [4.69, 9.17) is 0 Å². The topological polar surface area (TPSA) is 32.3 Å². The quantitative estimate of drug-likeness (QED) is 0.593. The van der Waals surface area contributed by atoms with Crippen molar-refractivity contribution in [2.75, 3.05) is 24.7 Å². The molecule has 0 radical (unpaired) electrons. The van der Waals surface area contributed by atoms with Crippen LogP contribution in [0.4, 0.5) is 0 Å². The minimum atomic E-state index is -0.0334. The average Bonchev–Trinajstić information content (AvgIpc) is 2.20. The van der Waals surface area contributed by atoms with Gasteiger partial charge >= 0.3 is 0 Å². The summed E-state index contributed by atoms with van der Waals surface area (Å²) in [5, 5.41) is 12.7. The van der Waals surface area contributed by atoms with Crippen LogP contribution in [0, 0.1) is 0 Å². The SMILES string of the molecule is CCSCCNC(CC)(CC)CO. The molecular weight excluding hydrogens is 182 g/mol. The van der Waals surface area contributed by atoms with Crippen molar-refractivity contribution in [3.63, 3.8) is 0 Å². The predicted octanol–water partition coefficient (Wildman–Crippen LogP) is 1.88. The van der Waals surface area contributed by atoms with Crippen molar-refractivity contribution in [2.45, 2.75) is 39.2 Å². The summed E-state index contributed by atoms with van der Waals surface area (Å²) in [7, 11) is 0. The maximum absolute atomic E-state index is 9.26. The van der Waals surface area contributed by atoms with E-state index in [2.05, 4.69) is 26.1 Å². The Morgan fingerprint density at radius 3 is 2.23 bits per heavy atom. The Balaban J connectivity index is 3.68. The van der Waals surface area contributed by atoms with Crippen molar-refractivity contribution in [2.24, 2.45) is 0 Å². The van der Waals surface area contributed by atoms with Crippen LogP contribution >= 0.6 is 11.8 Å². The third kappa shape index (κ3) is 4.89. The molecule has 0 amide bonds. The molecule has 13 heavy (non-hydrogen) atoms. The molecule has 0 saturated heterocycles. The van der Waals surface area contributed by atoms with Crippen LogP contribution < -0.4 is 5.32 Å². The summed E-state index contributed by atoms with van der Waals surface area (Å²) in [4.78, 5) is 0. The number of aliphatic hydroxyl groups excluding tert-OH is 1. The molecule has 0 aromatic carbocycles. The highest BCUT2D eigenvalue weighted by Crippen LogP contribution is 2.13. The van der Waals surface area contributed by atoms with E-state index < -0.39 is 0 Å². The molecule has 0 bridgehead atoms. The molecule has 0 aliphatic carbocycles. The van der Waals surface area contributed by atoms with Crippen LogP contribution in [-0.4, -0.2) is 35.3 Å². The zero-order valence-corrected chi connectivity index (χ0v) is 9.91. The lowest BCUT2D eigenvalue weighted by atomic mass is 9.94. The molecule has 0 fully saturated rings. The predicted molar refractivity (Wildman–Crippen MR) is 61.4 cm³/mol. The third-order valence-electron chi connectivity index (χ3n) is 2.61. The smallest absolute Gasteiger partial charge is 0.0613 e. The first-order valence-electron chi connectivity index (χ1n) is 5.18. The monoisotopic (exact) mass is 205 g/mol. The van der Waals surface area contributed by atoms with E-state index >= 15 is 0 Å².